The van der Waals surface area contributed by atoms with Crippen LogP contribution < -0.4 is 0 Å². The highest BCUT2D eigenvalue weighted by molar-refractivity contribution is 6.29. The van der Waals surface area contributed by atoms with Crippen LogP contribution in [0.15, 0.2) is 18.3 Å². The van der Waals surface area contributed by atoms with E-state index in [4.69, 9.17) is 11.6 Å². The molecule has 0 spiro atoms. The Hall–Kier alpha value is -0.630. The molecule has 1 rings (SSSR count). The monoisotopic (exact) mass is 161 g/mol. The summed E-state index contributed by atoms with van der Waals surface area (Å²) in [5, 5.41) is 0.311. The van der Waals surface area contributed by atoms with Crippen LogP contribution in [0.2, 0.25) is 5.15 Å². The Morgan fingerprint density at radius 3 is 2.30 bits per heavy atom. The van der Waals surface area contributed by atoms with Crippen molar-refractivity contribution in [3.8, 4) is 0 Å². The smallest absolute Gasteiger partial charge is 0.141 e. The van der Waals surface area contributed by atoms with Gasteiger partial charge in [0.1, 0.15) is 11.0 Å². The van der Waals surface area contributed by atoms with Gasteiger partial charge in [-0.3, -0.25) is 0 Å². The molecule has 0 radical (unpaired) electrons. The number of hydrogen-bond donors (Lipinski definition) is 0. The van der Waals surface area contributed by atoms with Gasteiger partial charge >= 0.3 is 0 Å². The van der Waals surface area contributed by atoms with Gasteiger partial charge in [-0.05, 0) is 12.1 Å². The normalized spacial score (nSPS) is 8.00. The quantitative estimate of drug-likeness (QED) is 0.534. The predicted molar refractivity (Wildman–Crippen MR) is 40.6 cm³/mol. The molecule has 0 saturated heterocycles. The van der Waals surface area contributed by atoms with Crippen LogP contribution >= 0.6 is 11.6 Å². The summed E-state index contributed by atoms with van der Waals surface area (Å²) in [5.41, 5.74) is 0. The Kier molecular flexibility index (Phi) is 4.85. The lowest BCUT2D eigenvalue weighted by molar-refractivity contribution is 0.621. The highest BCUT2D eigenvalue weighted by atomic mass is 35.5. The third-order valence-electron chi connectivity index (χ3n) is 0.691. The summed E-state index contributed by atoms with van der Waals surface area (Å²) in [4.78, 5) is 3.47. The van der Waals surface area contributed by atoms with Crippen LogP contribution in [0.5, 0.6) is 0 Å². The molecule has 0 aliphatic rings. The van der Waals surface area contributed by atoms with E-state index in [9.17, 15) is 4.39 Å². The highest BCUT2D eigenvalue weighted by Gasteiger charge is 1.86. The van der Waals surface area contributed by atoms with E-state index in [1.165, 1.54) is 12.1 Å². The molecule has 0 fully saturated rings. The fraction of sp³-hybridized carbons (Fsp3) is 0.286. The maximum Gasteiger partial charge on any atom is 0.141 e. The van der Waals surface area contributed by atoms with Gasteiger partial charge in [0.25, 0.3) is 0 Å². The SMILES string of the molecule is CC.Fc1ccc(Cl)nc1. The summed E-state index contributed by atoms with van der Waals surface area (Å²) in [6, 6.07) is 2.66. The van der Waals surface area contributed by atoms with Crippen molar-refractivity contribution in [3.63, 3.8) is 0 Å². The van der Waals surface area contributed by atoms with Gasteiger partial charge < -0.3 is 0 Å². The minimum atomic E-state index is -0.366. The lowest BCUT2D eigenvalue weighted by Gasteiger charge is -1.84. The van der Waals surface area contributed by atoms with E-state index < -0.39 is 0 Å². The molecule has 0 unspecified atom stereocenters. The van der Waals surface area contributed by atoms with Crippen molar-refractivity contribution >= 4 is 11.6 Å². The molecule has 0 aliphatic heterocycles. The van der Waals surface area contributed by atoms with Gasteiger partial charge in [0, 0.05) is 0 Å². The lowest BCUT2D eigenvalue weighted by atomic mass is 10.5. The maximum atomic E-state index is 12.0. The van der Waals surface area contributed by atoms with Crippen LogP contribution in [0.25, 0.3) is 0 Å². The zero-order chi connectivity index (χ0) is 7.98. The van der Waals surface area contributed by atoms with Crippen molar-refractivity contribution in [2.24, 2.45) is 0 Å². The first-order chi connectivity index (χ1) is 4.79. The molecule has 56 valence electrons. The number of aromatic nitrogens is 1. The Morgan fingerprint density at radius 1 is 1.40 bits per heavy atom. The fourth-order valence-corrected chi connectivity index (χ4v) is 0.470. The van der Waals surface area contributed by atoms with Crippen molar-refractivity contribution in [2.75, 3.05) is 0 Å². The molecule has 0 atom stereocenters. The second-order valence-electron chi connectivity index (χ2n) is 1.30. The van der Waals surface area contributed by atoms with Crippen LogP contribution in [0.1, 0.15) is 13.8 Å². The lowest BCUT2D eigenvalue weighted by Crippen LogP contribution is -1.74. The maximum absolute atomic E-state index is 12.0. The average molecular weight is 162 g/mol. The van der Waals surface area contributed by atoms with E-state index >= 15 is 0 Å². The van der Waals surface area contributed by atoms with Crippen molar-refractivity contribution in [3.05, 3.63) is 29.3 Å². The summed E-state index contributed by atoms with van der Waals surface area (Å²) in [6.45, 7) is 4.00. The van der Waals surface area contributed by atoms with Crippen LogP contribution in [0.3, 0.4) is 0 Å². The standard InChI is InChI=1S/C5H3ClFN.C2H6/c6-5-2-1-4(7)3-8-5;1-2/h1-3H;1-2H3. The Morgan fingerprint density at radius 2 is 2.00 bits per heavy atom. The Balaban J connectivity index is 0.000000371. The molecule has 1 aromatic heterocycles. The second-order valence-corrected chi connectivity index (χ2v) is 1.69. The number of pyridine rings is 1. The number of rotatable bonds is 0. The third kappa shape index (κ3) is 3.41. The first-order valence-corrected chi connectivity index (χ1v) is 3.44. The molecule has 1 aromatic rings. The molecule has 3 heteroatoms. The molecule has 0 N–H and O–H groups in total. The second kappa shape index (κ2) is 5.18. The summed E-state index contributed by atoms with van der Waals surface area (Å²) in [6.07, 6.45) is 1.07. The van der Waals surface area contributed by atoms with Gasteiger partial charge in [0.2, 0.25) is 0 Å². The first kappa shape index (κ1) is 9.37. The largest absolute Gasteiger partial charge is 0.242 e. The molecule has 10 heavy (non-hydrogen) atoms. The molecule has 0 aliphatic carbocycles. The van der Waals surface area contributed by atoms with Crippen LogP contribution in [0, 0.1) is 5.82 Å². The fourth-order valence-electron chi connectivity index (χ4n) is 0.358. The van der Waals surface area contributed by atoms with E-state index in [0.29, 0.717) is 5.15 Å². The molecular weight excluding hydrogens is 153 g/mol. The van der Waals surface area contributed by atoms with Crippen LogP contribution in [0.4, 0.5) is 4.39 Å². The van der Waals surface area contributed by atoms with Gasteiger partial charge in [-0.25, -0.2) is 9.37 Å². The molecule has 1 heterocycles. The zero-order valence-electron chi connectivity index (χ0n) is 5.94. The van der Waals surface area contributed by atoms with Gasteiger partial charge in [-0.2, -0.15) is 0 Å². The summed E-state index contributed by atoms with van der Waals surface area (Å²) >= 11 is 5.33. The molecule has 0 amide bonds. The van der Waals surface area contributed by atoms with E-state index in [0.717, 1.165) is 6.20 Å². The van der Waals surface area contributed by atoms with Crippen LogP contribution in [-0.4, -0.2) is 4.98 Å². The van der Waals surface area contributed by atoms with Gasteiger partial charge in [0.15, 0.2) is 0 Å². The molecule has 0 aromatic carbocycles. The van der Waals surface area contributed by atoms with Gasteiger partial charge in [-0.15, -0.1) is 0 Å². The molecule has 0 saturated carbocycles. The van der Waals surface area contributed by atoms with Crippen molar-refractivity contribution in [2.45, 2.75) is 13.8 Å². The Bertz CT molecular complexity index is 152. The summed E-state index contributed by atoms with van der Waals surface area (Å²) in [7, 11) is 0. The molecular formula is C7H9ClFN. The van der Waals surface area contributed by atoms with Crippen molar-refractivity contribution in [1.29, 1.82) is 0 Å². The van der Waals surface area contributed by atoms with Crippen LogP contribution in [-0.2, 0) is 0 Å². The van der Waals surface area contributed by atoms with Gasteiger partial charge in [0.05, 0.1) is 6.20 Å². The predicted octanol–water partition coefficient (Wildman–Crippen LogP) is 2.90. The van der Waals surface area contributed by atoms with E-state index in [2.05, 4.69) is 4.98 Å². The minimum absolute atomic E-state index is 0.311. The summed E-state index contributed by atoms with van der Waals surface area (Å²) in [5.74, 6) is -0.366. The number of nitrogens with zero attached hydrogens (tertiary/aromatic N) is 1. The van der Waals surface area contributed by atoms with E-state index in [1.807, 2.05) is 13.8 Å². The minimum Gasteiger partial charge on any atom is -0.242 e. The first-order valence-electron chi connectivity index (χ1n) is 3.06. The van der Waals surface area contributed by atoms with Gasteiger partial charge in [-0.1, -0.05) is 25.4 Å². The van der Waals surface area contributed by atoms with E-state index in [-0.39, 0.29) is 5.82 Å². The van der Waals surface area contributed by atoms with Crippen molar-refractivity contribution < 1.29 is 4.39 Å². The zero-order valence-corrected chi connectivity index (χ0v) is 6.69. The Labute approximate surface area is 64.9 Å². The average Bonchev–Trinajstić information content (AvgIpc) is 2.00. The summed E-state index contributed by atoms with van der Waals surface area (Å²) < 4.78 is 12.0. The molecule has 0 bridgehead atoms. The topological polar surface area (TPSA) is 12.9 Å². The number of hydrogen-bond acceptors (Lipinski definition) is 1. The third-order valence-corrected chi connectivity index (χ3v) is 0.915. The number of halogens is 2. The van der Waals surface area contributed by atoms with E-state index in [1.54, 1.807) is 0 Å². The highest BCUT2D eigenvalue weighted by Crippen LogP contribution is 2.02. The molecule has 1 nitrogen and oxygen atoms in total. The van der Waals surface area contributed by atoms with Crippen molar-refractivity contribution in [1.82, 2.24) is 4.98 Å².